The summed E-state index contributed by atoms with van der Waals surface area (Å²) in [7, 11) is 0. The highest BCUT2D eigenvalue weighted by atomic mass is 79.9. The standard InChI is InChI=1S/C16H18BrN3O/c1-10-7-12(16(18)20-21)3-4-13(10)9-19-15-6-5-14(17)8-11(15)2/h3-8,19,21H,9H2,1-2H3,(H2,18,20). The lowest BCUT2D eigenvalue weighted by Gasteiger charge is -2.12. The van der Waals surface area contributed by atoms with Crippen molar-refractivity contribution in [2.24, 2.45) is 10.9 Å². The summed E-state index contributed by atoms with van der Waals surface area (Å²) in [4.78, 5) is 0. The van der Waals surface area contributed by atoms with E-state index in [4.69, 9.17) is 10.9 Å². The summed E-state index contributed by atoms with van der Waals surface area (Å²) in [6, 6.07) is 11.9. The molecule has 0 spiro atoms. The smallest absolute Gasteiger partial charge is 0.170 e. The number of nitrogens with two attached hydrogens (primary N) is 1. The van der Waals surface area contributed by atoms with Crippen LogP contribution >= 0.6 is 15.9 Å². The normalized spacial score (nSPS) is 11.5. The number of rotatable bonds is 4. The van der Waals surface area contributed by atoms with E-state index in [0.29, 0.717) is 0 Å². The molecule has 0 aliphatic carbocycles. The zero-order valence-electron chi connectivity index (χ0n) is 12.0. The molecule has 0 fully saturated rings. The SMILES string of the molecule is Cc1cc(/C(N)=N/O)ccc1CNc1ccc(Br)cc1C. The van der Waals surface area contributed by atoms with Gasteiger partial charge in [-0.05, 0) is 54.8 Å². The Hall–Kier alpha value is -2.01. The lowest BCUT2D eigenvalue weighted by Crippen LogP contribution is -2.13. The molecule has 0 atom stereocenters. The molecule has 4 N–H and O–H groups in total. The van der Waals surface area contributed by atoms with Crippen molar-refractivity contribution >= 4 is 27.5 Å². The molecule has 0 aliphatic heterocycles. The number of anilines is 1. The first kappa shape index (κ1) is 15.4. The Morgan fingerprint density at radius 1 is 1.19 bits per heavy atom. The third-order valence-electron chi connectivity index (χ3n) is 3.40. The highest BCUT2D eigenvalue weighted by Crippen LogP contribution is 2.21. The molecule has 0 saturated carbocycles. The van der Waals surface area contributed by atoms with Crippen LogP contribution in [0.25, 0.3) is 0 Å². The van der Waals surface area contributed by atoms with Crippen molar-refractivity contribution in [2.75, 3.05) is 5.32 Å². The Bertz CT molecular complexity index is 683. The minimum Gasteiger partial charge on any atom is -0.409 e. The first-order chi connectivity index (χ1) is 10.0. The van der Waals surface area contributed by atoms with Crippen LogP contribution in [0.5, 0.6) is 0 Å². The summed E-state index contributed by atoms with van der Waals surface area (Å²) in [5.41, 5.74) is 10.9. The van der Waals surface area contributed by atoms with Gasteiger partial charge >= 0.3 is 0 Å². The number of halogens is 1. The monoisotopic (exact) mass is 347 g/mol. The number of hydrogen-bond acceptors (Lipinski definition) is 3. The van der Waals surface area contributed by atoms with Crippen LogP contribution in [0.1, 0.15) is 22.3 Å². The minimum absolute atomic E-state index is 0.126. The van der Waals surface area contributed by atoms with Crippen molar-refractivity contribution in [2.45, 2.75) is 20.4 Å². The van der Waals surface area contributed by atoms with Gasteiger partial charge < -0.3 is 16.3 Å². The third-order valence-corrected chi connectivity index (χ3v) is 3.90. The van der Waals surface area contributed by atoms with Crippen molar-refractivity contribution < 1.29 is 5.21 Å². The van der Waals surface area contributed by atoms with Crippen molar-refractivity contribution in [1.82, 2.24) is 0 Å². The first-order valence-corrected chi connectivity index (χ1v) is 7.38. The quantitative estimate of drug-likeness (QED) is 0.341. The largest absolute Gasteiger partial charge is 0.409 e. The van der Waals surface area contributed by atoms with Gasteiger partial charge in [0.25, 0.3) is 0 Å². The van der Waals surface area contributed by atoms with E-state index in [2.05, 4.69) is 45.5 Å². The second-order valence-electron chi connectivity index (χ2n) is 4.94. The topological polar surface area (TPSA) is 70.6 Å². The first-order valence-electron chi connectivity index (χ1n) is 6.58. The van der Waals surface area contributed by atoms with Crippen LogP contribution in [0.15, 0.2) is 46.0 Å². The number of nitrogens with zero attached hydrogens (tertiary/aromatic N) is 1. The van der Waals surface area contributed by atoms with Crippen LogP contribution in [0, 0.1) is 13.8 Å². The Labute approximate surface area is 132 Å². The fourth-order valence-corrected chi connectivity index (χ4v) is 2.60. The number of nitrogens with one attached hydrogen (secondary N) is 1. The van der Waals surface area contributed by atoms with Gasteiger partial charge in [0.05, 0.1) is 0 Å². The molecule has 0 heterocycles. The third kappa shape index (κ3) is 3.76. The predicted molar refractivity (Wildman–Crippen MR) is 89.9 cm³/mol. The number of aryl methyl sites for hydroxylation is 2. The molecule has 0 saturated heterocycles. The summed E-state index contributed by atoms with van der Waals surface area (Å²) < 4.78 is 1.07. The van der Waals surface area contributed by atoms with E-state index in [1.54, 1.807) is 0 Å². The summed E-state index contributed by atoms with van der Waals surface area (Å²) in [5, 5.41) is 15.1. The molecule has 0 unspecified atom stereocenters. The van der Waals surface area contributed by atoms with E-state index < -0.39 is 0 Å². The number of amidine groups is 1. The van der Waals surface area contributed by atoms with E-state index in [9.17, 15) is 0 Å². The van der Waals surface area contributed by atoms with Crippen LogP contribution in [-0.4, -0.2) is 11.0 Å². The van der Waals surface area contributed by atoms with Gasteiger partial charge in [-0.1, -0.05) is 33.2 Å². The van der Waals surface area contributed by atoms with Crippen molar-refractivity contribution in [3.05, 3.63) is 63.1 Å². The second-order valence-corrected chi connectivity index (χ2v) is 5.85. The van der Waals surface area contributed by atoms with Gasteiger partial charge in [-0.3, -0.25) is 0 Å². The van der Waals surface area contributed by atoms with Gasteiger partial charge in [0.2, 0.25) is 0 Å². The second kappa shape index (κ2) is 6.63. The van der Waals surface area contributed by atoms with Gasteiger partial charge in [0.1, 0.15) is 0 Å². The van der Waals surface area contributed by atoms with Gasteiger partial charge in [-0.2, -0.15) is 0 Å². The van der Waals surface area contributed by atoms with E-state index >= 15 is 0 Å². The molecule has 2 aromatic carbocycles. The molecule has 0 aromatic heterocycles. The number of oxime groups is 1. The maximum atomic E-state index is 8.70. The molecule has 5 heteroatoms. The number of benzene rings is 2. The van der Waals surface area contributed by atoms with Gasteiger partial charge in [-0.15, -0.1) is 0 Å². The average Bonchev–Trinajstić information content (AvgIpc) is 2.46. The molecule has 0 bridgehead atoms. The molecule has 2 aromatic rings. The van der Waals surface area contributed by atoms with Crippen molar-refractivity contribution in [3.8, 4) is 0 Å². The van der Waals surface area contributed by atoms with Crippen molar-refractivity contribution in [1.29, 1.82) is 0 Å². The Balaban J connectivity index is 2.13. The van der Waals surface area contributed by atoms with Crippen LogP contribution in [0.3, 0.4) is 0 Å². The average molecular weight is 348 g/mol. The molecule has 0 amide bonds. The molecule has 110 valence electrons. The summed E-state index contributed by atoms with van der Waals surface area (Å²) in [6.07, 6.45) is 0. The molecular formula is C16H18BrN3O. The molecular weight excluding hydrogens is 330 g/mol. The summed E-state index contributed by atoms with van der Waals surface area (Å²) >= 11 is 3.46. The van der Waals surface area contributed by atoms with Gasteiger partial charge in [0, 0.05) is 22.3 Å². The van der Waals surface area contributed by atoms with E-state index in [-0.39, 0.29) is 5.84 Å². The molecule has 4 nitrogen and oxygen atoms in total. The molecule has 21 heavy (non-hydrogen) atoms. The van der Waals surface area contributed by atoms with Gasteiger partial charge in [0.15, 0.2) is 5.84 Å². The van der Waals surface area contributed by atoms with Crippen LogP contribution in [-0.2, 0) is 6.54 Å². The minimum atomic E-state index is 0.126. The van der Waals surface area contributed by atoms with Crippen molar-refractivity contribution in [3.63, 3.8) is 0 Å². The fourth-order valence-electron chi connectivity index (χ4n) is 2.13. The highest BCUT2D eigenvalue weighted by Gasteiger charge is 2.05. The zero-order valence-corrected chi connectivity index (χ0v) is 13.6. The van der Waals surface area contributed by atoms with E-state index in [1.807, 2.05) is 31.2 Å². The molecule has 2 rings (SSSR count). The molecule has 0 aliphatic rings. The maximum Gasteiger partial charge on any atom is 0.170 e. The number of hydrogen-bond donors (Lipinski definition) is 3. The summed E-state index contributed by atoms with van der Waals surface area (Å²) in [6.45, 7) is 4.81. The lowest BCUT2D eigenvalue weighted by atomic mass is 10.0. The van der Waals surface area contributed by atoms with Crippen LogP contribution < -0.4 is 11.1 Å². The predicted octanol–water partition coefficient (Wildman–Crippen LogP) is 3.77. The van der Waals surface area contributed by atoms with Crippen LogP contribution in [0.4, 0.5) is 5.69 Å². The fraction of sp³-hybridized carbons (Fsp3) is 0.188. The molecule has 0 radical (unpaired) electrons. The highest BCUT2D eigenvalue weighted by molar-refractivity contribution is 9.10. The summed E-state index contributed by atoms with van der Waals surface area (Å²) in [5.74, 6) is 0.126. The Morgan fingerprint density at radius 3 is 2.57 bits per heavy atom. The van der Waals surface area contributed by atoms with E-state index in [0.717, 1.165) is 27.8 Å². The Kier molecular flexibility index (Phi) is 4.85. The lowest BCUT2D eigenvalue weighted by molar-refractivity contribution is 0.318. The Morgan fingerprint density at radius 2 is 1.95 bits per heavy atom. The van der Waals surface area contributed by atoms with Crippen LogP contribution in [0.2, 0.25) is 0 Å². The zero-order chi connectivity index (χ0) is 15.4. The van der Waals surface area contributed by atoms with Gasteiger partial charge in [-0.25, -0.2) is 0 Å². The van der Waals surface area contributed by atoms with E-state index in [1.165, 1.54) is 11.1 Å². The maximum absolute atomic E-state index is 8.70.